The summed E-state index contributed by atoms with van der Waals surface area (Å²) in [4.78, 5) is 12.4. The summed E-state index contributed by atoms with van der Waals surface area (Å²) in [5.74, 6) is 0.561. The van der Waals surface area contributed by atoms with Gasteiger partial charge in [-0.1, -0.05) is 24.3 Å². The molecule has 2 rings (SSSR count). The van der Waals surface area contributed by atoms with Gasteiger partial charge < -0.3 is 10.3 Å². The van der Waals surface area contributed by atoms with E-state index in [-0.39, 0.29) is 10.6 Å². The Bertz CT molecular complexity index is 579. The number of hydrogen-bond acceptors (Lipinski definition) is 5. The third kappa shape index (κ3) is 5.84. The van der Waals surface area contributed by atoms with Gasteiger partial charge in [-0.25, -0.2) is 5.43 Å². The van der Waals surface area contributed by atoms with Crippen molar-refractivity contribution in [2.24, 2.45) is 5.92 Å². The van der Waals surface area contributed by atoms with Crippen molar-refractivity contribution >= 4 is 5.69 Å². The lowest BCUT2D eigenvalue weighted by Gasteiger charge is -2.21. The van der Waals surface area contributed by atoms with Gasteiger partial charge in [-0.2, -0.15) is 0 Å². The molecule has 0 aromatic heterocycles. The number of hydrazine groups is 1. The van der Waals surface area contributed by atoms with Gasteiger partial charge >= 0.3 is 0 Å². The second kappa shape index (κ2) is 8.45. The molecule has 1 aliphatic carbocycles. The minimum absolute atomic E-state index is 0.116. The van der Waals surface area contributed by atoms with E-state index in [1.54, 1.807) is 12.1 Å². The number of nitrogens with one attached hydrogen (secondary N) is 2. The molecular weight excluding hydrogens is 292 g/mol. The molecule has 2 N–H and O–H groups in total. The molecule has 6 nitrogen and oxygen atoms in total. The van der Waals surface area contributed by atoms with Crippen molar-refractivity contribution in [2.45, 2.75) is 19.4 Å². The number of nitro benzene ring substituents is 1. The van der Waals surface area contributed by atoms with Gasteiger partial charge in [-0.15, -0.1) is 0 Å². The van der Waals surface area contributed by atoms with Crippen molar-refractivity contribution in [1.82, 2.24) is 15.8 Å². The minimum atomic E-state index is -0.386. The third-order valence-electron chi connectivity index (χ3n) is 3.80. The third-order valence-corrected chi connectivity index (χ3v) is 3.80. The quantitative estimate of drug-likeness (QED) is 0.570. The average molecular weight is 316 g/mol. The van der Waals surface area contributed by atoms with Gasteiger partial charge in [0, 0.05) is 24.4 Å². The lowest BCUT2D eigenvalue weighted by Crippen LogP contribution is -2.32. The van der Waals surface area contributed by atoms with Crippen LogP contribution >= 0.6 is 0 Å². The van der Waals surface area contributed by atoms with Crippen LogP contribution in [-0.4, -0.2) is 30.5 Å². The van der Waals surface area contributed by atoms with Gasteiger partial charge in [0.05, 0.1) is 4.92 Å². The van der Waals surface area contributed by atoms with Crippen LogP contribution in [0, 0.1) is 16.0 Å². The summed E-state index contributed by atoms with van der Waals surface area (Å²) < 4.78 is 0. The number of allylic oxidation sites excluding steroid dienone is 4. The van der Waals surface area contributed by atoms with E-state index < -0.39 is 0 Å². The van der Waals surface area contributed by atoms with E-state index in [1.165, 1.54) is 12.1 Å². The van der Waals surface area contributed by atoms with Crippen LogP contribution in [0.1, 0.15) is 18.4 Å². The molecule has 0 amide bonds. The van der Waals surface area contributed by atoms with E-state index in [0.717, 1.165) is 30.6 Å². The fourth-order valence-corrected chi connectivity index (χ4v) is 2.46. The lowest BCUT2D eigenvalue weighted by atomic mass is 9.95. The molecule has 1 atom stereocenters. The van der Waals surface area contributed by atoms with Gasteiger partial charge in [-0.3, -0.25) is 10.1 Å². The molecule has 0 radical (unpaired) electrons. The van der Waals surface area contributed by atoms with Crippen LogP contribution in [0.5, 0.6) is 0 Å². The molecule has 1 unspecified atom stereocenters. The van der Waals surface area contributed by atoms with Crippen molar-refractivity contribution in [3.05, 3.63) is 63.9 Å². The van der Waals surface area contributed by atoms with E-state index in [9.17, 15) is 10.1 Å². The largest absolute Gasteiger partial charge is 0.325 e. The Morgan fingerprint density at radius 2 is 2.04 bits per heavy atom. The first-order valence-electron chi connectivity index (χ1n) is 7.79. The first kappa shape index (κ1) is 17.2. The van der Waals surface area contributed by atoms with Crippen LogP contribution < -0.4 is 10.9 Å². The van der Waals surface area contributed by atoms with E-state index in [0.29, 0.717) is 12.5 Å². The summed E-state index contributed by atoms with van der Waals surface area (Å²) in [5.41, 5.74) is 8.69. The SMILES string of the molecule is CN(C)CCC1C=CC=C(NNCc2ccc([N+](=O)[O-])cc2)C1. The molecule has 0 spiro atoms. The Morgan fingerprint density at radius 3 is 2.70 bits per heavy atom. The maximum atomic E-state index is 10.6. The van der Waals surface area contributed by atoms with Gasteiger partial charge in [0.1, 0.15) is 0 Å². The zero-order chi connectivity index (χ0) is 16.7. The Hall–Kier alpha value is -2.18. The number of nitrogens with zero attached hydrogens (tertiary/aromatic N) is 2. The molecule has 1 aliphatic rings. The summed E-state index contributed by atoms with van der Waals surface area (Å²) >= 11 is 0. The van der Waals surface area contributed by atoms with Gasteiger partial charge in [0.25, 0.3) is 5.69 Å². The van der Waals surface area contributed by atoms with Crippen molar-refractivity contribution < 1.29 is 4.92 Å². The fraction of sp³-hybridized carbons (Fsp3) is 0.412. The molecule has 6 heteroatoms. The molecule has 0 heterocycles. The van der Waals surface area contributed by atoms with Gasteiger partial charge in [0.15, 0.2) is 0 Å². The van der Waals surface area contributed by atoms with E-state index in [4.69, 9.17) is 0 Å². The van der Waals surface area contributed by atoms with Crippen LogP contribution in [0.2, 0.25) is 0 Å². The molecule has 124 valence electrons. The normalized spacial score (nSPS) is 17.2. The molecule has 0 saturated heterocycles. The predicted molar refractivity (Wildman–Crippen MR) is 91.6 cm³/mol. The fourth-order valence-electron chi connectivity index (χ4n) is 2.46. The smallest absolute Gasteiger partial charge is 0.269 e. The number of hydrogen-bond donors (Lipinski definition) is 2. The monoisotopic (exact) mass is 316 g/mol. The number of non-ortho nitro benzene ring substituents is 1. The summed E-state index contributed by atoms with van der Waals surface area (Å²) in [7, 11) is 4.18. The maximum absolute atomic E-state index is 10.6. The molecular formula is C17H24N4O2. The first-order valence-corrected chi connectivity index (χ1v) is 7.79. The van der Waals surface area contributed by atoms with E-state index in [2.05, 4.69) is 48.1 Å². The van der Waals surface area contributed by atoms with Crippen LogP contribution in [0.3, 0.4) is 0 Å². The van der Waals surface area contributed by atoms with Crippen molar-refractivity contribution in [2.75, 3.05) is 20.6 Å². The maximum Gasteiger partial charge on any atom is 0.269 e. The van der Waals surface area contributed by atoms with E-state index in [1.807, 2.05) is 0 Å². The summed E-state index contributed by atoms with van der Waals surface area (Å²) in [6.45, 7) is 1.69. The number of nitro groups is 1. The standard InChI is InChI=1S/C17H24N4O2/c1-20(2)11-10-14-4-3-5-16(12-14)19-18-13-15-6-8-17(9-7-15)21(22)23/h3-9,14,18-19H,10-13H2,1-2H3. The van der Waals surface area contributed by atoms with Gasteiger partial charge in [0.2, 0.25) is 0 Å². The summed E-state index contributed by atoms with van der Waals surface area (Å²) in [6.07, 6.45) is 8.57. The van der Waals surface area contributed by atoms with Crippen LogP contribution in [0.15, 0.2) is 48.2 Å². The Labute approximate surface area is 137 Å². The van der Waals surface area contributed by atoms with Crippen molar-refractivity contribution in [1.29, 1.82) is 0 Å². The summed E-state index contributed by atoms with van der Waals surface area (Å²) in [6, 6.07) is 6.58. The van der Waals surface area contributed by atoms with Crippen LogP contribution in [0.4, 0.5) is 5.69 Å². The molecule has 0 saturated carbocycles. The number of benzene rings is 1. The zero-order valence-electron chi connectivity index (χ0n) is 13.7. The molecule has 0 bridgehead atoms. The minimum Gasteiger partial charge on any atom is -0.325 e. The summed E-state index contributed by atoms with van der Waals surface area (Å²) in [5, 5.41) is 10.6. The highest BCUT2D eigenvalue weighted by Crippen LogP contribution is 2.19. The second-order valence-electron chi connectivity index (χ2n) is 6.04. The highest BCUT2D eigenvalue weighted by Gasteiger charge is 2.11. The van der Waals surface area contributed by atoms with Crippen LogP contribution in [-0.2, 0) is 6.54 Å². The predicted octanol–water partition coefficient (Wildman–Crippen LogP) is 2.60. The number of rotatable bonds is 8. The molecule has 23 heavy (non-hydrogen) atoms. The highest BCUT2D eigenvalue weighted by molar-refractivity contribution is 5.32. The first-order chi connectivity index (χ1) is 11.0. The van der Waals surface area contributed by atoms with Crippen molar-refractivity contribution in [3.8, 4) is 0 Å². The highest BCUT2D eigenvalue weighted by atomic mass is 16.6. The Balaban J connectivity index is 1.74. The lowest BCUT2D eigenvalue weighted by molar-refractivity contribution is -0.384. The Kier molecular flexibility index (Phi) is 6.31. The average Bonchev–Trinajstić information content (AvgIpc) is 2.54. The van der Waals surface area contributed by atoms with E-state index >= 15 is 0 Å². The topological polar surface area (TPSA) is 70.4 Å². The second-order valence-corrected chi connectivity index (χ2v) is 6.04. The van der Waals surface area contributed by atoms with Crippen LogP contribution in [0.25, 0.3) is 0 Å². The van der Waals surface area contributed by atoms with Crippen molar-refractivity contribution in [3.63, 3.8) is 0 Å². The Morgan fingerprint density at radius 1 is 1.30 bits per heavy atom. The zero-order valence-corrected chi connectivity index (χ0v) is 13.7. The molecule has 1 aromatic carbocycles. The van der Waals surface area contributed by atoms with Gasteiger partial charge in [-0.05, 0) is 51.0 Å². The molecule has 1 aromatic rings. The molecule has 0 fully saturated rings. The molecule has 0 aliphatic heterocycles.